The number of amides is 2. The summed E-state index contributed by atoms with van der Waals surface area (Å²) in [5, 5.41) is 2.68. The van der Waals surface area contributed by atoms with Crippen LogP contribution >= 0.6 is 12.2 Å². The first-order valence-electron chi connectivity index (χ1n) is 5.92. The lowest BCUT2D eigenvalue weighted by atomic mass is 10.1. The number of hydrogen-bond acceptors (Lipinski definition) is 4. The summed E-state index contributed by atoms with van der Waals surface area (Å²) >= 11 is 4.89. The zero-order valence-electron chi connectivity index (χ0n) is 10.6. The summed E-state index contributed by atoms with van der Waals surface area (Å²) in [4.78, 5) is 25.1. The Kier molecular flexibility index (Phi) is 5.33. The first-order valence-corrected chi connectivity index (χ1v) is 6.33. The molecule has 102 valence electrons. The van der Waals surface area contributed by atoms with Gasteiger partial charge in [-0.1, -0.05) is 19.1 Å². The van der Waals surface area contributed by atoms with Crippen LogP contribution in [0.25, 0.3) is 0 Å². The maximum atomic E-state index is 12.1. The number of rotatable bonds is 4. The summed E-state index contributed by atoms with van der Waals surface area (Å²) < 4.78 is 4.52. The number of thiocarbonyl (C=S) groups is 1. The number of carbonyl (C=O) groups is 2. The van der Waals surface area contributed by atoms with E-state index >= 15 is 0 Å². The largest absolute Gasteiger partial charge is 0.453 e. The van der Waals surface area contributed by atoms with Crippen LogP contribution in [0.15, 0.2) is 0 Å². The number of methoxy groups -OCH3 is 1. The van der Waals surface area contributed by atoms with Crippen molar-refractivity contribution in [2.75, 3.05) is 20.2 Å². The van der Waals surface area contributed by atoms with Gasteiger partial charge in [-0.05, 0) is 12.8 Å². The molecule has 0 aromatic heterocycles. The van der Waals surface area contributed by atoms with Crippen LogP contribution in [-0.4, -0.2) is 48.1 Å². The van der Waals surface area contributed by atoms with Gasteiger partial charge in [-0.15, -0.1) is 0 Å². The van der Waals surface area contributed by atoms with E-state index in [1.807, 2.05) is 6.92 Å². The van der Waals surface area contributed by atoms with E-state index in [-0.39, 0.29) is 16.9 Å². The Hall–Kier alpha value is -1.37. The lowest BCUT2D eigenvalue weighted by Gasteiger charge is -2.22. The van der Waals surface area contributed by atoms with Gasteiger partial charge in [-0.25, -0.2) is 4.79 Å². The van der Waals surface area contributed by atoms with E-state index in [0.29, 0.717) is 25.9 Å². The number of likely N-dealkylation sites (tertiary alicyclic amines) is 1. The molecule has 0 spiro atoms. The number of carbonyl (C=O) groups excluding carboxylic acids is 2. The predicted molar refractivity (Wildman–Crippen MR) is 71.1 cm³/mol. The van der Waals surface area contributed by atoms with Crippen LogP contribution in [0.4, 0.5) is 4.79 Å². The second kappa shape index (κ2) is 6.53. The van der Waals surface area contributed by atoms with Crippen molar-refractivity contribution in [2.45, 2.75) is 25.8 Å². The molecule has 1 fully saturated rings. The number of nitrogens with two attached hydrogens (primary N) is 1. The van der Waals surface area contributed by atoms with E-state index in [0.717, 1.165) is 0 Å². The van der Waals surface area contributed by atoms with E-state index in [1.54, 1.807) is 4.90 Å². The van der Waals surface area contributed by atoms with E-state index in [9.17, 15) is 9.59 Å². The number of hydrogen-bond donors (Lipinski definition) is 2. The van der Waals surface area contributed by atoms with Crippen LogP contribution in [0.1, 0.15) is 19.8 Å². The highest BCUT2D eigenvalue weighted by Gasteiger charge is 2.31. The molecule has 0 radical (unpaired) electrons. The van der Waals surface area contributed by atoms with Crippen molar-refractivity contribution in [1.29, 1.82) is 0 Å². The summed E-state index contributed by atoms with van der Waals surface area (Å²) in [6, 6.07) is -0.0646. The van der Waals surface area contributed by atoms with Crippen molar-refractivity contribution in [3.8, 4) is 0 Å². The van der Waals surface area contributed by atoms with Crippen LogP contribution < -0.4 is 11.1 Å². The van der Waals surface area contributed by atoms with Crippen LogP contribution in [0.2, 0.25) is 0 Å². The third-order valence-electron chi connectivity index (χ3n) is 3.06. The van der Waals surface area contributed by atoms with Gasteiger partial charge in [-0.3, -0.25) is 4.79 Å². The minimum atomic E-state index is -0.476. The van der Waals surface area contributed by atoms with Crippen LogP contribution in [-0.2, 0) is 9.53 Å². The molecule has 1 aliphatic rings. The van der Waals surface area contributed by atoms with E-state index < -0.39 is 12.0 Å². The highest BCUT2D eigenvalue weighted by atomic mass is 32.1. The summed E-state index contributed by atoms with van der Waals surface area (Å²) in [5.74, 6) is -0.462. The first kappa shape index (κ1) is 14.7. The Bertz CT molecular complexity index is 348. The van der Waals surface area contributed by atoms with Crippen molar-refractivity contribution in [3.05, 3.63) is 0 Å². The van der Waals surface area contributed by atoms with Crippen molar-refractivity contribution < 1.29 is 14.3 Å². The summed E-state index contributed by atoms with van der Waals surface area (Å²) in [7, 11) is 1.31. The normalized spacial score (nSPS) is 20.3. The zero-order valence-corrected chi connectivity index (χ0v) is 11.5. The number of ether oxygens (including phenoxy) is 1. The highest BCUT2D eigenvalue weighted by molar-refractivity contribution is 7.80. The minimum absolute atomic E-state index is 0.0563. The van der Waals surface area contributed by atoms with Gasteiger partial charge in [0.2, 0.25) is 5.91 Å². The highest BCUT2D eigenvalue weighted by Crippen LogP contribution is 2.15. The van der Waals surface area contributed by atoms with Gasteiger partial charge < -0.3 is 20.7 Å². The first-order chi connectivity index (χ1) is 8.49. The molecule has 1 heterocycles. The van der Waals surface area contributed by atoms with Gasteiger partial charge >= 0.3 is 6.09 Å². The maximum absolute atomic E-state index is 12.1. The molecule has 7 heteroatoms. The second-order valence-corrected chi connectivity index (χ2v) is 4.74. The van der Waals surface area contributed by atoms with E-state index in [1.165, 1.54) is 7.11 Å². The van der Waals surface area contributed by atoms with Gasteiger partial charge in [-0.2, -0.15) is 0 Å². The van der Waals surface area contributed by atoms with Crippen molar-refractivity contribution in [3.63, 3.8) is 0 Å². The van der Waals surface area contributed by atoms with Gasteiger partial charge in [0.15, 0.2) is 0 Å². The molecule has 0 aromatic rings. The van der Waals surface area contributed by atoms with Crippen molar-refractivity contribution in [2.24, 2.45) is 11.7 Å². The molecular formula is C11H19N3O3S. The van der Waals surface area contributed by atoms with Crippen LogP contribution in [0, 0.1) is 5.92 Å². The van der Waals surface area contributed by atoms with Crippen molar-refractivity contribution in [1.82, 2.24) is 10.2 Å². The predicted octanol–water partition coefficient (Wildman–Crippen LogP) is 0.256. The smallest absolute Gasteiger partial charge is 0.407 e. The third kappa shape index (κ3) is 3.56. The molecule has 0 saturated carbocycles. The number of nitrogens with zero attached hydrogens (tertiary/aromatic N) is 1. The Morgan fingerprint density at radius 1 is 1.61 bits per heavy atom. The fraction of sp³-hybridized carbons (Fsp3) is 0.727. The molecule has 2 atom stereocenters. The Morgan fingerprint density at radius 2 is 2.28 bits per heavy atom. The topological polar surface area (TPSA) is 84.7 Å². The van der Waals surface area contributed by atoms with Gasteiger partial charge in [0.25, 0.3) is 0 Å². The van der Waals surface area contributed by atoms with Gasteiger partial charge in [0.1, 0.15) is 0 Å². The molecule has 6 nitrogen and oxygen atoms in total. The maximum Gasteiger partial charge on any atom is 0.407 e. The molecule has 0 bridgehead atoms. The molecule has 2 unspecified atom stereocenters. The molecule has 3 N–H and O–H groups in total. The SMILES string of the molecule is CCC(C(=O)N1CCC(NC(=O)OC)C1)C(N)=S. The molecule has 2 amide bonds. The minimum Gasteiger partial charge on any atom is -0.453 e. The molecule has 0 aliphatic carbocycles. The van der Waals surface area contributed by atoms with Crippen LogP contribution in [0.5, 0.6) is 0 Å². The lowest BCUT2D eigenvalue weighted by Crippen LogP contribution is -2.42. The monoisotopic (exact) mass is 273 g/mol. The summed E-state index contributed by atoms with van der Waals surface area (Å²) in [6.45, 7) is 2.96. The fourth-order valence-electron chi connectivity index (χ4n) is 2.02. The van der Waals surface area contributed by atoms with Crippen molar-refractivity contribution >= 4 is 29.2 Å². The lowest BCUT2D eigenvalue weighted by molar-refractivity contribution is -0.132. The van der Waals surface area contributed by atoms with E-state index in [2.05, 4.69) is 10.1 Å². The Labute approximate surface area is 112 Å². The molecule has 1 rings (SSSR count). The number of nitrogens with one attached hydrogen (secondary N) is 1. The average Bonchev–Trinajstić information content (AvgIpc) is 2.77. The quantitative estimate of drug-likeness (QED) is 0.718. The Morgan fingerprint density at radius 3 is 2.78 bits per heavy atom. The molecule has 18 heavy (non-hydrogen) atoms. The second-order valence-electron chi connectivity index (χ2n) is 4.27. The molecule has 0 aromatic carbocycles. The van der Waals surface area contributed by atoms with Crippen LogP contribution in [0.3, 0.4) is 0 Å². The summed E-state index contributed by atoms with van der Waals surface area (Å²) in [6.07, 6.45) is 0.838. The molecule has 1 saturated heterocycles. The molecular weight excluding hydrogens is 254 g/mol. The molecule has 1 aliphatic heterocycles. The van der Waals surface area contributed by atoms with E-state index in [4.69, 9.17) is 18.0 Å². The van der Waals surface area contributed by atoms with Gasteiger partial charge in [0, 0.05) is 13.1 Å². The fourth-order valence-corrected chi connectivity index (χ4v) is 2.29. The third-order valence-corrected chi connectivity index (χ3v) is 3.34. The average molecular weight is 273 g/mol. The zero-order chi connectivity index (χ0) is 13.7. The van der Waals surface area contributed by atoms with Gasteiger partial charge in [0.05, 0.1) is 24.1 Å². The summed E-state index contributed by atoms with van der Waals surface area (Å²) in [5.41, 5.74) is 5.55. The standard InChI is InChI=1S/C11H19N3O3S/c1-3-8(9(12)18)10(15)14-5-4-7(6-14)13-11(16)17-2/h7-8H,3-6H2,1-2H3,(H2,12,18)(H,13,16). The number of alkyl carbamates (subject to hydrolysis) is 1. The Balaban J connectivity index is 2.53.